The molecule has 7 nitrogen and oxygen atoms in total. The molecule has 3 N–H and O–H groups in total. The van der Waals surface area contributed by atoms with Crippen LogP contribution in [0.3, 0.4) is 0 Å². The minimum absolute atomic E-state index is 0.0137. The Morgan fingerprint density at radius 3 is 2.11 bits per heavy atom. The predicted molar refractivity (Wildman–Crippen MR) is 135 cm³/mol. The number of hydrogen-bond acceptors (Lipinski definition) is 4. The largest absolute Gasteiger partial charge is 0.481 e. The van der Waals surface area contributed by atoms with Crippen LogP contribution in [-0.2, 0) is 14.3 Å². The Kier molecular flexibility index (Phi) is 8.54. The van der Waals surface area contributed by atoms with Crippen molar-refractivity contribution in [2.45, 2.75) is 58.9 Å². The van der Waals surface area contributed by atoms with Gasteiger partial charge in [-0.15, -0.1) is 0 Å². The molecule has 1 aliphatic carbocycles. The van der Waals surface area contributed by atoms with Crippen LogP contribution in [0.1, 0.15) is 64.0 Å². The van der Waals surface area contributed by atoms with Gasteiger partial charge in [-0.25, -0.2) is 4.79 Å². The highest BCUT2D eigenvalue weighted by Gasteiger charge is 2.31. The number of carbonyl (C=O) groups excluding carboxylic acids is 2. The highest BCUT2D eigenvalue weighted by molar-refractivity contribution is 5.85. The Balaban J connectivity index is 1.61. The van der Waals surface area contributed by atoms with Gasteiger partial charge in [-0.3, -0.25) is 9.59 Å². The topological polar surface area (TPSA) is 105 Å². The molecule has 1 aliphatic rings. The maximum atomic E-state index is 12.9. The summed E-state index contributed by atoms with van der Waals surface area (Å²) in [6, 6.07) is 15.5. The Morgan fingerprint density at radius 1 is 1.00 bits per heavy atom. The first-order valence-corrected chi connectivity index (χ1v) is 12.2. The first kappa shape index (κ1) is 26.3. The number of carboxylic acid groups (broad SMARTS) is 1. The van der Waals surface area contributed by atoms with Crippen molar-refractivity contribution in [1.29, 1.82) is 0 Å². The second-order valence-electron chi connectivity index (χ2n) is 10.6. The van der Waals surface area contributed by atoms with Gasteiger partial charge in [-0.1, -0.05) is 76.2 Å². The van der Waals surface area contributed by atoms with Crippen molar-refractivity contribution in [3.63, 3.8) is 0 Å². The lowest BCUT2D eigenvalue weighted by atomic mass is 9.87. The van der Waals surface area contributed by atoms with E-state index in [1.165, 1.54) is 0 Å². The average molecular weight is 481 g/mol. The monoisotopic (exact) mass is 480 g/mol. The molecule has 0 fully saturated rings. The summed E-state index contributed by atoms with van der Waals surface area (Å²) in [6.07, 6.45) is 0.335. The summed E-state index contributed by atoms with van der Waals surface area (Å²) in [7, 11) is 0. The number of rotatable bonds is 10. The number of amides is 2. The van der Waals surface area contributed by atoms with Gasteiger partial charge in [0.15, 0.2) is 0 Å². The van der Waals surface area contributed by atoms with E-state index < -0.39 is 18.1 Å². The molecule has 2 atom stereocenters. The summed E-state index contributed by atoms with van der Waals surface area (Å²) in [4.78, 5) is 36.4. The molecule has 2 aromatic carbocycles. The normalized spacial score (nSPS) is 14.4. The summed E-state index contributed by atoms with van der Waals surface area (Å²) in [5.74, 6) is -1.20. The molecule has 0 aliphatic heterocycles. The molecule has 35 heavy (non-hydrogen) atoms. The lowest BCUT2D eigenvalue weighted by Gasteiger charge is -2.26. The third-order valence-corrected chi connectivity index (χ3v) is 6.24. The van der Waals surface area contributed by atoms with E-state index >= 15 is 0 Å². The minimum Gasteiger partial charge on any atom is -0.481 e. The molecular weight excluding hydrogens is 444 g/mol. The van der Waals surface area contributed by atoms with Crippen molar-refractivity contribution < 1.29 is 24.2 Å². The molecule has 2 amide bonds. The van der Waals surface area contributed by atoms with E-state index in [1.54, 1.807) is 0 Å². The third-order valence-electron chi connectivity index (χ3n) is 6.24. The molecule has 2 aromatic rings. The van der Waals surface area contributed by atoms with Crippen LogP contribution in [0.5, 0.6) is 0 Å². The number of nitrogens with one attached hydrogen (secondary N) is 2. The molecular formula is C28H36N2O5. The molecule has 0 saturated heterocycles. The zero-order valence-corrected chi connectivity index (χ0v) is 21.0. The fourth-order valence-electron chi connectivity index (χ4n) is 4.47. The van der Waals surface area contributed by atoms with Crippen molar-refractivity contribution in [3.8, 4) is 11.1 Å². The van der Waals surface area contributed by atoms with Crippen molar-refractivity contribution in [2.75, 3.05) is 13.2 Å². The Labute approximate surface area is 207 Å². The van der Waals surface area contributed by atoms with Gasteiger partial charge < -0.3 is 20.5 Å². The molecule has 0 saturated carbocycles. The minimum atomic E-state index is -0.856. The van der Waals surface area contributed by atoms with Gasteiger partial charge in [0.25, 0.3) is 0 Å². The number of benzene rings is 2. The van der Waals surface area contributed by atoms with Gasteiger partial charge in [0.05, 0.1) is 0 Å². The maximum absolute atomic E-state index is 12.9. The van der Waals surface area contributed by atoms with E-state index in [-0.39, 0.29) is 36.2 Å². The molecule has 0 bridgehead atoms. The number of fused-ring (bicyclic) bond motifs is 3. The number of alkyl carbamates (subject to hydrolysis) is 1. The summed E-state index contributed by atoms with van der Waals surface area (Å²) < 4.78 is 5.63. The van der Waals surface area contributed by atoms with Gasteiger partial charge in [0.1, 0.15) is 12.6 Å². The predicted octanol–water partition coefficient (Wildman–Crippen LogP) is 4.95. The third kappa shape index (κ3) is 7.31. The van der Waals surface area contributed by atoms with E-state index in [0.717, 1.165) is 22.3 Å². The molecule has 0 heterocycles. The Morgan fingerprint density at radius 2 is 1.57 bits per heavy atom. The van der Waals surface area contributed by atoms with Gasteiger partial charge in [-0.2, -0.15) is 0 Å². The highest BCUT2D eigenvalue weighted by Crippen LogP contribution is 2.44. The summed E-state index contributed by atoms with van der Waals surface area (Å²) >= 11 is 0. The van der Waals surface area contributed by atoms with Crippen LogP contribution >= 0.6 is 0 Å². The van der Waals surface area contributed by atoms with E-state index in [9.17, 15) is 14.4 Å². The van der Waals surface area contributed by atoms with Crippen LogP contribution in [0.2, 0.25) is 0 Å². The molecule has 7 heteroatoms. The molecule has 0 aromatic heterocycles. The number of ether oxygens (including phenoxy) is 1. The molecule has 0 spiro atoms. The van der Waals surface area contributed by atoms with Gasteiger partial charge in [0, 0.05) is 18.9 Å². The van der Waals surface area contributed by atoms with Crippen LogP contribution < -0.4 is 10.6 Å². The lowest BCUT2D eigenvalue weighted by Crippen LogP contribution is -2.49. The van der Waals surface area contributed by atoms with Crippen molar-refractivity contribution in [2.24, 2.45) is 11.3 Å². The van der Waals surface area contributed by atoms with Crippen LogP contribution in [0.15, 0.2) is 48.5 Å². The number of carbonyl (C=O) groups is 3. The summed E-state index contributed by atoms with van der Waals surface area (Å²) in [5.41, 5.74) is 4.35. The maximum Gasteiger partial charge on any atom is 0.407 e. The molecule has 2 unspecified atom stereocenters. The smallest absolute Gasteiger partial charge is 0.407 e. The Bertz CT molecular complexity index is 1010. The number of hydrogen-bond donors (Lipinski definition) is 3. The number of carboxylic acids is 1. The first-order valence-electron chi connectivity index (χ1n) is 12.2. The standard InChI is InChI=1S/C28H36N2O5/c1-18(13-14-25(31)32)16-29-26(33)24(15-28(2,3)4)30-27(34)35-17-23-21-11-7-5-9-19(21)20-10-6-8-12-22(20)23/h5-12,18,23-24H,13-17H2,1-4H3,(H,29,33)(H,30,34)(H,31,32). The molecule has 188 valence electrons. The van der Waals surface area contributed by atoms with E-state index in [2.05, 4.69) is 34.9 Å². The van der Waals surface area contributed by atoms with Gasteiger partial charge in [0.2, 0.25) is 5.91 Å². The molecule has 3 rings (SSSR count). The van der Waals surface area contributed by atoms with E-state index in [0.29, 0.717) is 19.4 Å². The van der Waals surface area contributed by atoms with Crippen molar-refractivity contribution >= 4 is 18.0 Å². The lowest BCUT2D eigenvalue weighted by molar-refractivity contribution is -0.137. The van der Waals surface area contributed by atoms with Gasteiger partial charge >= 0.3 is 12.1 Å². The first-order chi connectivity index (χ1) is 16.5. The fourth-order valence-corrected chi connectivity index (χ4v) is 4.47. The van der Waals surface area contributed by atoms with E-state index in [4.69, 9.17) is 9.84 Å². The van der Waals surface area contributed by atoms with Gasteiger partial charge in [-0.05, 0) is 46.4 Å². The fraction of sp³-hybridized carbons (Fsp3) is 0.464. The van der Waals surface area contributed by atoms with Crippen molar-refractivity contribution in [1.82, 2.24) is 10.6 Å². The second kappa shape index (κ2) is 11.4. The van der Waals surface area contributed by atoms with Crippen LogP contribution in [0.25, 0.3) is 11.1 Å². The zero-order valence-electron chi connectivity index (χ0n) is 21.0. The second-order valence-corrected chi connectivity index (χ2v) is 10.6. The summed E-state index contributed by atoms with van der Waals surface area (Å²) in [5, 5.41) is 14.5. The Hall–Kier alpha value is -3.35. The highest BCUT2D eigenvalue weighted by atomic mass is 16.5. The van der Waals surface area contributed by atoms with E-state index in [1.807, 2.05) is 52.0 Å². The quantitative estimate of drug-likeness (QED) is 0.446. The zero-order chi connectivity index (χ0) is 25.6. The SMILES string of the molecule is CC(CCC(=O)O)CNC(=O)C(CC(C)(C)C)NC(=O)OCC1c2ccccc2-c2ccccc21. The average Bonchev–Trinajstić information content (AvgIpc) is 3.12. The van der Waals surface area contributed by atoms with Crippen LogP contribution in [0, 0.1) is 11.3 Å². The summed E-state index contributed by atoms with van der Waals surface area (Å²) in [6.45, 7) is 8.42. The molecule has 0 radical (unpaired) electrons. The van der Waals surface area contributed by atoms with Crippen LogP contribution in [0.4, 0.5) is 4.79 Å². The number of aliphatic carboxylic acids is 1. The van der Waals surface area contributed by atoms with Crippen LogP contribution in [-0.4, -0.2) is 42.3 Å². The van der Waals surface area contributed by atoms with Crippen molar-refractivity contribution in [3.05, 3.63) is 59.7 Å².